The van der Waals surface area contributed by atoms with Crippen LogP contribution < -0.4 is 9.64 Å². The topological polar surface area (TPSA) is 36.3 Å². The van der Waals surface area contributed by atoms with E-state index in [2.05, 4.69) is 0 Å². The molecule has 3 rings (SSSR count). The summed E-state index contributed by atoms with van der Waals surface area (Å²) < 4.78 is 32.5. The Hall–Kier alpha value is -2.32. The van der Waals surface area contributed by atoms with Crippen LogP contribution in [0.15, 0.2) is 30.3 Å². The summed E-state index contributed by atoms with van der Waals surface area (Å²) in [6.45, 7) is 5.33. The Kier molecular flexibility index (Phi) is 5.99. The van der Waals surface area contributed by atoms with Gasteiger partial charge in [-0.3, -0.25) is 0 Å². The van der Waals surface area contributed by atoms with Crippen molar-refractivity contribution < 1.29 is 13.5 Å². The first-order valence-corrected chi connectivity index (χ1v) is 8.02. The Bertz CT molecular complexity index is 757. The summed E-state index contributed by atoms with van der Waals surface area (Å²) in [4.78, 5) is 1.84. The highest BCUT2D eigenvalue weighted by molar-refractivity contribution is 6.31. The second kappa shape index (κ2) is 7.98. The largest absolute Gasteiger partial charge is 0.489 e. The molecule has 0 radical (unpaired) electrons. The van der Waals surface area contributed by atoms with E-state index in [0.29, 0.717) is 31.1 Å². The standard InChI is InChI=1S/C16H11ClF2N2O.C2H6/c17-13-7-14-16(12(8-20)15(13)19)21(5-6-22-14)9-10-1-3-11(18)4-2-10;1-2/h1-4,7H,5-6,9H2;1-2H3. The van der Waals surface area contributed by atoms with Gasteiger partial charge in [0.15, 0.2) is 5.82 Å². The van der Waals surface area contributed by atoms with E-state index < -0.39 is 5.82 Å². The van der Waals surface area contributed by atoms with Crippen LogP contribution in [-0.2, 0) is 6.54 Å². The third-order valence-corrected chi connectivity index (χ3v) is 3.77. The normalized spacial score (nSPS) is 12.4. The number of nitrogens with zero attached hydrogens (tertiary/aromatic N) is 2. The number of hydrogen-bond donors (Lipinski definition) is 0. The number of benzene rings is 2. The molecule has 0 unspecified atom stereocenters. The highest BCUT2D eigenvalue weighted by atomic mass is 35.5. The van der Waals surface area contributed by atoms with Gasteiger partial charge in [-0.2, -0.15) is 5.26 Å². The molecule has 0 bridgehead atoms. The van der Waals surface area contributed by atoms with Crippen LogP contribution in [0.25, 0.3) is 0 Å². The monoisotopic (exact) mass is 350 g/mol. The van der Waals surface area contributed by atoms with Crippen molar-refractivity contribution in [2.45, 2.75) is 20.4 Å². The Morgan fingerprint density at radius 2 is 1.92 bits per heavy atom. The third kappa shape index (κ3) is 3.60. The van der Waals surface area contributed by atoms with Crippen molar-refractivity contribution in [1.29, 1.82) is 5.26 Å². The molecule has 0 amide bonds. The van der Waals surface area contributed by atoms with Gasteiger partial charge >= 0.3 is 0 Å². The molecule has 0 saturated heterocycles. The van der Waals surface area contributed by atoms with Crippen LogP contribution in [0, 0.1) is 23.0 Å². The molecule has 2 aromatic carbocycles. The zero-order valence-electron chi connectivity index (χ0n) is 13.4. The van der Waals surface area contributed by atoms with E-state index >= 15 is 0 Å². The first-order chi connectivity index (χ1) is 11.6. The van der Waals surface area contributed by atoms with E-state index in [0.717, 1.165) is 5.56 Å². The van der Waals surface area contributed by atoms with Crippen LogP contribution >= 0.6 is 11.6 Å². The quantitative estimate of drug-likeness (QED) is 0.771. The van der Waals surface area contributed by atoms with E-state index in [1.54, 1.807) is 12.1 Å². The number of fused-ring (bicyclic) bond motifs is 1. The minimum Gasteiger partial charge on any atom is -0.489 e. The molecule has 0 aromatic heterocycles. The van der Waals surface area contributed by atoms with Crippen LogP contribution in [0.3, 0.4) is 0 Å². The van der Waals surface area contributed by atoms with E-state index in [-0.39, 0.29) is 16.4 Å². The molecule has 0 aliphatic carbocycles. The highest BCUT2D eigenvalue weighted by Gasteiger charge is 2.26. The summed E-state index contributed by atoms with van der Waals surface area (Å²) in [7, 11) is 0. The first kappa shape index (κ1) is 18.0. The average molecular weight is 351 g/mol. The zero-order chi connectivity index (χ0) is 17.7. The molecule has 1 aliphatic rings. The van der Waals surface area contributed by atoms with Gasteiger partial charge < -0.3 is 9.64 Å². The summed E-state index contributed by atoms with van der Waals surface area (Å²) in [5.41, 5.74) is 1.11. The van der Waals surface area contributed by atoms with Gasteiger partial charge in [-0.1, -0.05) is 37.6 Å². The first-order valence-electron chi connectivity index (χ1n) is 7.64. The second-order valence-corrected chi connectivity index (χ2v) is 5.31. The maximum atomic E-state index is 14.1. The Morgan fingerprint density at radius 3 is 2.54 bits per heavy atom. The van der Waals surface area contributed by atoms with Crippen LogP contribution in [0.2, 0.25) is 5.02 Å². The van der Waals surface area contributed by atoms with E-state index in [4.69, 9.17) is 16.3 Å². The van der Waals surface area contributed by atoms with Crippen molar-refractivity contribution in [2.24, 2.45) is 0 Å². The SMILES string of the molecule is CC.N#Cc1c(F)c(Cl)cc2c1N(Cc1ccc(F)cc1)CCO2. The van der Waals surface area contributed by atoms with Crippen LogP contribution in [0.5, 0.6) is 5.75 Å². The molecule has 24 heavy (non-hydrogen) atoms. The zero-order valence-corrected chi connectivity index (χ0v) is 14.2. The van der Waals surface area contributed by atoms with Gasteiger partial charge in [0, 0.05) is 12.6 Å². The lowest BCUT2D eigenvalue weighted by molar-refractivity contribution is 0.306. The number of anilines is 1. The average Bonchev–Trinajstić information content (AvgIpc) is 2.60. The van der Waals surface area contributed by atoms with Gasteiger partial charge in [0.25, 0.3) is 0 Å². The summed E-state index contributed by atoms with van der Waals surface area (Å²) in [6.07, 6.45) is 0. The van der Waals surface area contributed by atoms with E-state index in [9.17, 15) is 14.0 Å². The maximum absolute atomic E-state index is 14.1. The molecule has 1 heterocycles. The maximum Gasteiger partial charge on any atom is 0.161 e. The minimum absolute atomic E-state index is 0.135. The predicted octanol–water partition coefficient (Wildman–Crippen LogP) is 4.92. The molecule has 2 aromatic rings. The fourth-order valence-electron chi connectivity index (χ4n) is 2.47. The Balaban J connectivity index is 0.00000100. The van der Waals surface area contributed by atoms with Gasteiger partial charge in [-0.05, 0) is 17.7 Å². The fourth-order valence-corrected chi connectivity index (χ4v) is 2.66. The van der Waals surface area contributed by atoms with Gasteiger partial charge in [-0.25, -0.2) is 8.78 Å². The van der Waals surface area contributed by atoms with Crippen molar-refractivity contribution in [3.8, 4) is 11.8 Å². The number of rotatable bonds is 2. The van der Waals surface area contributed by atoms with Crippen LogP contribution in [-0.4, -0.2) is 13.2 Å². The molecular formula is C18H17ClF2N2O. The molecule has 126 valence electrons. The molecule has 0 fully saturated rings. The number of ether oxygens (including phenoxy) is 1. The lowest BCUT2D eigenvalue weighted by atomic mass is 10.1. The molecule has 0 N–H and O–H groups in total. The van der Waals surface area contributed by atoms with Crippen molar-refractivity contribution in [3.63, 3.8) is 0 Å². The van der Waals surface area contributed by atoms with Crippen molar-refractivity contribution in [2.75, 3.05) is 18.1 Å². The van der Waals surface area contributed by atoms with E-state index in [1.165, 1.54) is 18.2 Å². The molecule has 1 aliphatic heterocycles. The molecule has 3 nitrogen and oxygen atoms in total. The van der Waals surface area contributed by atoms with Crippen molar-refractivity contribution >= 4 is 17.3 Å². The summed E-state index contributed by atoms with van der Waals surface area (Å²) in [6, 6.07) is 9.27. The van der Waals surface area contributed by atoms with Gasteiger partial charge in [-0.15, -0.1) is 0 Å². The van der Waals surface area contributed by atoms with Gasteiger partial charge in [0.05, 0.1) is 11.6 Å². The van der Waals surface area contributed by atoms with Gasteiger partial charge in [0.1, 0.15) is 35.5 Å². The summed E-state index contributed by atoms with van der Waals surface area (Å²) in [5, 5.41) is 9.10. The molecule has 6 heteroatoms. The summed E-state index contributed by atoms with van der Waals surface area (Å²) in [5.74, 6) is -0.685. The molecular weight excluding hydrogens is 334 g/mol. The number of nitriles is 1. The fraction of sp³-hybridized carbons (Fsp3) is 0.278. The number of hydrogen-bond acceptors (Lipinski definition) is 3. The Labute approximate surface area is 145 Å². The van der Waals surface area contributed by atoms with Gasteiger partial charge in [0.2, 0.25) is 0 Å². The van der Waals surface area contributed by atoms with Crippen LogP contribution in [0.4, 0.5) is 14.5 Å². The lowest BCUT2D eigenvalue weighted by Crippen LogP contribution is -2.33. The second-order valence-electron chi connectivity index (χ2n) is 4.90. The van der Waals surface area contributed by atoms with Crippen molar-refractivity contribution in [3.05, 3.63) is 58.1 Å². The Morgan fingerprint density at radius 1 is 1.25 bits per heavy atom. The van der Waals surface area contributed by atoms with Crippen LogP contribution in [0.1, 0.15) is 25.0 Å². The highest BCUT2D eigenvalue weighted by Crippen LogP contribution is 2.40. The molecule has 0 saturated carbocycles. The molecule has 0 spiro atoms. The van der Waals surface area contributed by atoms with E-state index in [1.807, 2.05) is 24.8 Å². The van der Waals surface area contributed by atoms with Crippen molar-refractivity contribution in [1.82, 2.24) is 0 Å². The predicted molar refractivity (Wildman–Crippen MR) is 90.4 cm³/mol. The lowest BCUT2D eigenvalue weighted by Gasteiger charge is -2.32. The smallest absolute Gasteiger partial charge is 0.161 e. The summed E-state index contributed by atoms with van der Waals surface area (Å²) >= 11 is 5.79. The number of halogens is 3. The third-order valence-electron chi connectivity index (χ3n) is 3.49. The molecule has 0 atom stereocenters. The minimum atomic E-state index is -0.752.